The van der Waals surface area contributed by atoms with Gasteiger partial charge in [-0.25, -0.2) is 4.79 Å². The maximum absolute atomic E-state index is 12.9. The fraction of sp³-hybridized carbons (Fsp3) is 0.500. The summed E-state index contributed by atoms with van der Waals surface area (Å²) in [5.41, 5.74) is 2.10. The molecule has 1 unspecified atom stereocenters. The fourth-order valence-corrected chi connectivity index (χ4v) is 4.48. The zero-order chi connectivity index (χ0) is 15.0. The number of amides is 1. The van der Waals surface area contributed by atoms with Gasteiger partial charge in [0.1, 0.15) is 6.04 Å². The molecular weight excluding hydrogens is 286 g/mol. The molecule has 21 heavy (non-hydrogen) atoms. The van der Waals surface area contributed by atoms with Crippen molar-refractivity contribution < 1.29 is 14.7 Å². The molecule has 1 aromatic rings. The average molecular weight is 305 g/mol. The molecule has 2 aliphatic rings. The van der Waals surface area contributed by atoms with Gasteiger partial charge in [0.2, 0.25) is 5.91 Å². The number of carbonyl (C=O) groups is 2. The lowest BCUT2D eigenvalue weighted by Crippen LogP contribution is -2.54. The van der Waals surface area contributed by atoms with Gasteiger partial charge >= 0.3 is 5.97 Å². The van der Waals surface area contributed by atoms with Crippen molar-refractivity contribution in [3.63, 3.8) is 0 Å². The largest absolute Gasteiger partial charge is 0.480 e. The van der Waals surface area contributed by atoms with Crippen LogP contribution in [0.25, 0.3) is 0 Å². The SMILES string of the molecule is CC1(C(=O)N2Cc3ccccc3C[C@H]2C(=O)O)CCCS1. The van der Waals surface area contributed by atoms with Gasteiger partial charge in [0.25, 0.3) is 0 Å². The van der Waals surface area contributed by atoms with Gasteiger partial charge in [0.15, 0.2) is 0 Å². The highest BCUT2D eigenvalue weighted by Crippen LogP contribution is 2.40. The number of carbonyl (C=O) groups excluding carboxylic acids is 1. The molecule has 2 atom stereocenters. The zero-order valence-corrected chi connectivity index (χ0v) is 12.9. The van der Waals surface area contributed by atoms with E-state index in [4.69, 9.17) is 0 Å². The maximum Gasteiger partial charge on any atom is 0.326 e. The van der Waals surface area contributed by atoms with Crippen LogP contribution in [0.5, 0.6) is 0 Å². The lowest BCUT2D eigenvalue weighted by molar-refractivity contribution is -0.152. The van der Waals surface area contributed by atoms with Crippen molar-refractivity contribution >= 4 is 23.6 Å². The van der Waals surface area contributed by atoms with Crippen LogP contribution in [-0.4, -0.2) is 38.4 Å². The number of hydrogen-bond donors (Lipinski definition) is 1. The molecule has 0 aromatic heterocycles. The second-order valence-electron chi connectivity index (χ2n) is 5.94. The van der Waals surface area contributed by atoms with Gasteiger partial charge in [0, 0.05) is 13.0 Å². The summed E-state index contributed by atoms with van der Waals surface area (Å²) < 4.78 is -0.458. The highest BCUT2D eigenvalue weighted by molar-refractivity contribution is 8.01. The molecule has 1 N–H and O–H groups in total. The molecule has 1 saturated heterocycles. The van der Waals surface area contributed by atoms with Crippen molar-refractivity contribution in [2.75, 3.05) is 5.75 Å². The molecule has 2 heterocycles. The first-order valence-electron chi connectivity index (χ1n) is 7.26. The van der Waals surface area contributed by atoms with Crippen LogP contribution >= 0.6 is 11.8 Å². The van der Waals surface area contributed by atoms with E-state index in [1.165, 1.54) is 0 Å². The Bertz CT molecular complexity index is 581. The van der Waals surface area contributed by atoms with E-state index in [0.29, 0.717) is 13.0 Å². The van der Waals surface area contributed by atoms with Crippen LogP contribution in [0.3, 0.4) is 0 Å². The average Bonchev–Trinajstić information content (AvgIpc) is 2.93. The summed E-state index contributed by atoms with van der Waals surface area (Å²) in [6.07, 6.45) is 2.26. The van der Waals surface area contributed by atoms with E-state index in [-0.39, 0.29) is 5.91 Å². The molecule has 0 radical (unpaired) electrons. The van der Waals surface area contributed by atoms with Gasteiger partial charge < -0.3 is 10.0 Å². The van der Waals surface area contributed by atoms with Crippen LogP contribution in [-0.2, 0) is 22.6 Å². The Morgan fingerprint density at radius 3 is 2.67 bits per heavy atom. The van der Waals surface area contributed by atoms with Crippen molar-refractivity contribution in [2.45, 2.75) is 43.5 Å². The van der Waals surface area contributed by atoms with Crippen LogP contribution in [0, 0.1) is 0 Å². The Morgan fingerprint density at radius 1 is 1.33 bits per heavy atom. The molecule has 1 amide bonds. The number of carboxylic acid groups (broad SMARTS) is 1. The number of rotatable bonds is 2. The van der Waals surface area contributed by atoms with Crippen LogP contribution in [0.15, 0.2) is 24.3 Å². The molecule has 1 fully saturated rings. The number of thioether (sulfide) groups is 1. The van der Waals surface area contributed by atoms with Crippen molar-refractivity contribution in [1.29, 1.82) is 0 Å². The second kappa shape index (κ2) is 5.37. The van der Waals surface area contributed by atoms with E-state index in [1.54, 1.807) is 16.7 Å². The Hall–Kier alpha value is -1.49. The number of carboxylic acids is 1. The minimum atomic E-state index is -0.913. The molecule has 0 spiro atoms. The van der Waals surface area contributed by atoms with Gasteiger partial charge in [-0.3, -0.25) is 4.79 Å². The molecule has 5 heteroatoms. The monoisotopic (exact) mass is 305 g/mol. The standard InChI is InChI=1S/C16H19NO3S/c1-16(7-4-8-21-16)15(20)17-10-12-6-3-2-5-11(12)9-13(17)14(18)19/h2-3,5-6,13H,4,7-10H2,1H3,(H,18,19)/t13-,16?/m0/s1. The Balaban J connectivity index is 1.92. The van der Waals surface area contributed by atoms with Crippen LogP contribution in [0.4, 0.5) is 0 Å². The van der Waals surface area contributed by atoms with E-state index in [1.807, 2.05) is 31.2 Å². The lowest BCUT2D eigenvalue weighted by atomic mass is 9.92. The molecule has 0 bridgehead atoms. The van der Waals surface area contributed by atoms with Gasteiger partial charge in [-0.1, -0.05) is 24.3 Å². The van der Waals surface area contributed by atoms with E-state index in [9.17, 15) is 14.7 Å². The summed E-state index contributed by atoms with van der Waals surface area (Å²) in [5.74, 6) is 0.0427. The summed E-state index contributed by atoms with van der Waals surface area (Å²) in [6.45, 7) is 2.36. The third-order valence-corrected chi connectivity index (χ3v) is 5.97. The number of nitrogens with zero attached hydrogens (tertiary/aromatic N) is 1. The molecule has 112 valence electrons. The smallest absolute Gasteiger partial charge is 0.326 e. The molecule has 2 aliphatic heterocycles. The van der Waals surface area contributed by atoms with E-state index < -0.39 is 16.8 Å². The Labute approximate surface area is 128 Å². The molecule has 4 nitrogen and oxygen atoms in total. The van der Waals surface area contributed by atoms with Crippen molar-refractivity contribution in [3.05, 3.63) is 35.4 Å². The van der Waals surface area contributed by atoms with Gasteiger partial charge in [0.05, 0.1) is 4.75 Å². The summed E-state index contributed by atoms with van der Waals surface area (Å²) in [7, 11) is 0. The van der Waals surface area contributed by atoms with Crippen LogP contribution in [0.1, 0.15) is 30.9 Å². The minimum Gasteiger partial charge on any atom is -0.480 e. The first-order valence-corrected chi connectivity index (χ1v) is 8.24. The highest BCUT2D eigenvalue weighted by atomic mass is 32.2. The van der Waals surface area contributed by atoms with E-state index >= 15 is 0 Å². The van der Waals surface area contributed by atoms with Gasteiger partial charge in [-0.15, -0.1) is 11.8 Å². The first-order chi connectivity index (χ1) is 10.0. The first kappa shape index (κ1) is 14.4. The van der Waals surface area contributed by atoms with Gasteiger partial charge in [-0.05, 0) is 36.6 Å². The maximum atomic E-state index is 12.9. The summed E-state index contributed by atoms with van der Waals surface area (Å²) in [6, 6.07) is 7.06. The van der Waals surface area contributed by atoms with Crippen LogP contribution < -0.4 is 0 Å². The summed E-state index contributed by atoms with van der Waals surface area (Å²) in [5, 5.41) is 9.51. The topological polar surface area (TPSA) is 57.6 Å². The zero-order valence-electron chi connectivity index (χ0n) is 12.0. The summed E-state index contributed by atoms with van der Waals surface area (Å²) >= 11 is 1.66. The normalized spacial score (nSPS) is 28.2. The van der Waals surface area contributed by atoms with Crippen LogP contribution in [0.2, 0.25) is 0 Å². The third-order valence-electron chi connectivity index (χ3n) is 4.47. The molecule has 1 aromatic carbocycles. The Morgan fingerprint density at radius 2 is 2.05 bits per heavy atom. The molecule has 0 saturated carbocycles. The molecule has 3 rings (SSSR count). The third kappa shape index (κ3) is 2.55. The predicted molar refractivity (Wildman–Crippen MR) is 82.2 cm³/mol. The number of aliphatic carboxylic acids is 1. The lowest BCUT2D eigenvalue weighted by Gasteiger charge is -2.38. The summed E-state index contributed by atoms with van der Waals surface area (Å²) in [4.78, 5) is 26.1. The Kier molecular flexibility index (Phi) is 3.69. The van der Waals surface area contributed by atoms with Crippen molar-refractivity contribution in [1.82, 2.24) is 4.90 Å². The fourth-order valence-electron chi connectivity index (χ4n) is 3.21. The predicted octanol–water partition coefficient (Wildman–Crippen LogP) is 2.31. The quantitative estimate of drug-likeness (QED) is 0.911. The number of hydrogen-bond acceptors (Lipinski definition) is 3. The van der Waals surface area contributed by atoms with E-state index in [2.05, 4.69) is 0 Å². The number of fused-ring (bicyclic) bond motifs is 1. The highest BCUT2D eigenvalue weighted by Gasteiger charge is 2.44. The second-order valence-corrected chi connectivity index (χ2v) is 7.54. The molecular formula is C16H19NO3S. The van der Waals surface area contributed by atoms with Gasteiger partial charge in [-0.2, -0.15) is 0 Å². The van der Waals surface area contributed by atoms with E-state index in [0.717, 1.165) is 29.7 Å². The van der Waals surface area contributed by atoms with Crippen molar-refractivity contribution in [3.8, 4) is 0 Å². The minimum absolute atomic E-state index is 0.0214. The number of benzene rings is 1. The van der Waals surface area contributed by atoms with Crippen molar-refractivity contribution in [2.24, 2.45) is 0 Å². The molecule has 0 aliphatic carbocycles.